The molecule has 23 heavy (non-hydrogen) atoms. The van der Waals surface area contributed by atoms with Gasteiger partial charge in [-0.3, -0.25) is 4.79 Å². The molecular weight excluding hydrogens is 286 g/mol. The Morgan fingerprint density at radius 1 is 1.17 bits per heavy atom. The fraction of sp³-hybridized carbons (Fsp3) is 0.450. The predicted octanol–water partition coefficient (Wildman–Crippen LogP) is 3.96. The summed E-state index contributed by atoms with van der Waals surface area (Å²) in [6.45, 7) is 2.02. The quantitative estimate of drug-likeness (QED) is 0.898. The number of aliphatic hydroxyl groups excluding tert-OH is 1. The maximum atomic E-state index is 12.4. The van der Waals surface area contributed by atoms with E-state index in [4.69, 9.17) is 0 Å². The third-order valence-electron chi connectivity index (χ3n) is 4.98. The van der Waals surface area contributed by atoms with E-state index in [0.29, 0.717) is 6.42 Å². The van der Waals surface area contributed by atoms with Gasteiger partial charge in [-0.2, -0.15) is 0 Å². The third kappa shape index (κ3) is 3.73. The van der Waals surface area contributed by atoms with E-state index in [9.17, 15) is 9.90 Å². The smallest absolute Gasteiger partial charge is 0.220 e. The molecule has 0 spiro atoms. The first-order valence-corrected chi connectivity index (χ1v) is 8.60. The van der Waals surface area contributed by atoms with Gasteiger partial charge in [-0.25, -0.2) is 0 Å². The van der Waals surface area contributed by atoms with Crippen molar-refractivity contribution in [1.29, 1.82) is 0 Å². The molecule has 122 valence electrons. The molecule has 1 amide bonds. The number of carbonyl (C=O) groups excluding carboxylic acids is 1. The van der Waals surface area contributed by atoms with Gasteiger partial charge in [0.2, 0.25) is 5.91 Å². The van der Waals surface area contributed by atoms with Crippen molar-refractivity contribution in [2.45, 2.75) is 51.2 Å². The molecule has 3 rings (SSSR count). The Morgan fingerprint density at radius 3 is 2.74 bits per heavy atom. The van der Waals surface area contributed by atoms with Crippen molar-refractivity contribution in [3.8, 4) is 0 Å². The molecule has 1 aliphatic rings. The van der Waals surface area contributed by atoms with Crippen LogP contribution < -0.4 is 5.32 Å². The van der Waals surface area contributed by atoms with Gasteiger partial charge in [0.1, 0.15) is 0 Å². The second-order valence-electron chi connectivity index (χ2n) is 6.67. The van der Waals surface area contributed by atoms with Crippen molar-refractivity contribution in [3.63, 3.8) is 0 Å². The Kier molecular flexibility index (Phi) is 4.97. The average molecular weight is 311 g/mol. The summed E-state index contributed by atoms with van der Waals surface area (Å²) in [5.74, 6) is 0.153. The lowest BCUT2D eigenvalue weighted by Crippen LogP contribution is -2.33. The molecule has 2 aromatic carbocycles. The van der Waals surface area contributed by atoms with Crippen molar-refractivity contribution in [2.75, 3.05) is 0 Å². The molecule has 0 saturated heterocycles. The van der Waals surface area contributed by atoms with Gasteiger partial charge in [-0.1, -0.05) is 55.3 Å². The van der Waals surface area contributed by atoms with E-state index in [-0.39, 0.29) is 24.0 Å². The van der Waals surface area contributed by atoms with Crippen LogP contribution in [0.2, 0.25) is 0 Å². The number of nitrogens with one attached hydrogen (secondary N) is 1. The van der Waals surface area contributed by atoms with Crippen LogP contribution >= 0.6 is 0 Å². The van der Waals surface area contributed by atoms with Gasteiger partial charge in [-0.05, 0) is 42.0 Å². The summed E-state index contributed by atoms with van der Waals surface area (Å²) in [4.78, 5) is 12.4. The first kappa shape index (κ1) is 16.0. The van der Waals surface area contributed by atoms with Gasteiger partial charge < -0.3 is 10.4 Å². The zero-order valence-electron chi connectivity index (χ0n) is 13.7. The second kappa shape index (κ2) is 7.14. The summed E-state index contributed by atoms with van der Waals surface area (Å²) < 4.78 is 0. The van der Waals surface area contributed by atoms with E-state index in [2.05, 4.69) is 29.6 Å². The van der Waals surface area contributed by atoms with Gasteiger partial charge >= 0.3 is 0 Å². The highest BCUT2D eigenvalue weighted by atomic mass is 16.3. The molecule has 0 aliphatic heterocycles. The lowest BCUT2D eigenvalue weighted by molar-refractivity contribution is -0.124. The molecule has 0 unspecified atom stereocenters. The van der Waals surface area contributed by atoms with Crippen molar-refractivity contribution >= 4 is 16.7 Å². The number of benzene rings is 2. The summed E-state index contributed by atoms with van der Waals surface area (Å²) in [7, 11) is 0. The van der Waals surface area contributed by atoms with Crippen molar-refractivity contribution in [1.82, 2.24) is 5.32 Å². The SMILES string of the molecule is C[C@@H](NC(=O)C[C@H]1CCCC[C@@H]1O)c1cccc2ccccc12. The monoisotopic (exact) mass is 311 g/mol. The molecule has 1 aliphatic carbocycles. The molecule has 0 heterocycles. The molecule has 3 heteroatoms. The number of hydrogen-bond donors (Lipinski definition) is 2. The first-order valence-electron chi connectivity index (χ1n) is 8.60. The maximum Gasteiger partial charge on any atom is 0.220 e. The summed E-state index contributed by atoms with van der Waals surface area (Å²) in [5.41, 5.74) is 1.14. The second-order valence-corrected chi connectivity index (χ2v) is 6.67. The zero-order chi connectivity index (χ0) is 16.2. The van der Waals surface area contributed by atoms with Crippen molar-refractivity contribution in [3.05, 3.63) is 48.0 Å². The van der Waals surface area contributed by atoms with Crippen molar-refractivity contribution in [2.24, 2.45) is 5.92 Å². The van der Waals surface area contributed by atoms with Gasteiger partial charge in [0, 0.05) is 6.42 Å². The van der Waals surface area contributed by atoms with Gasteiger partial charge in [-0.15, -0.1) is 0 Å². The van der Waals surface area contributed by atoms with E-state index in [1.807, 2.05) is 25.1 Å². The highest BCUT2D eigenvalue weighted by molar-refractivity contribution is 5.86. The Morgan fingerprint density at radius 2 is 1.91 bits per heavy atom. The van der Waals surface area contributed by atoms with Crippen LogP contribution in [0.15, 0.2) is 42.5 Å². The lowest BCUT2D eigenvalue weighted by Gasteiger charge is -2.27. The minimum Gasteiger partial charge on any atom is -0.393 e. The number of carbonyl (C=O) groups is 1. The first-order chi connectivity index (χ1) is 11.1. The lowest BCUT2D eigenvalue weighted by atomic mass is 9.84. The molecule has 1 fully saturated rings. The number of rotatable bonds is 4. The molecule has 3 atom stereocenters. The average Bonchev–Trinajstić information content (AvgIpc) is 2.56. The van der Waals surface area contributed by atoms with Crippen LogP contribution in [-0.2, 0) is 4.79 Å². The molecule has 2 N–H and O–H groups in total. The minimum atomic E-state index is -0.317. The van der Waals surface area contributed by atoms with E-state index >= 15 is 0 Å². The Bertz CT molecular complexity index is 677. The van der Waals surface area contributed by atoms with E-state index in [1.54, 1.807) is 0 Å². The number of fused-ring (bicyclic) bond motifs is 1. The Hall–Kier alpha value is -1.87. The molecule has 1 saturated carbocycles. The highest BCUT2D eigenvalue weighted by Crippen LogP contribution is 2.28. The fourth-order valence-corrected chi connectivity index (χ4v) is 3.67. The molecule has 2 aromatic rings. The molecule has 0 aromatic heterocycles. The predicted molar refractivity (Wildman–Crippen MR) is 93.1 cm³/mol. The van der Waals surface area contributed by atoms with E-state index < -0.39 is 0 Å². The molecule has 0 bridgehead atoms. The number of aliphatic hydroxyl groups is 1. The van der Waals surface area contributed by atoms with Gasteiger partial charge in [0.15, 0.2) is 0 Å². The standard InChI is InChI=1S/C20H25NO2/c1-14(17-11-6-9-15-7-2-4-10-18(15)17)21-20(23)13-16-8-3-5-12-19(16)22/h2,4,6-7,9-11,14,16,19,22H,3,5,8,12-13H2,1H3,(H,21,23)/t14-,16-,19+/m1/s1. The van der Waals surface area contributed by atoms with Crippen LogP contribution in [0, 0.1) is 5.92 Å². The number of hydrogen-bond acceptors (Lipinski definition) is 2. The summed E-state index contributed by atoms with van der Waals surface area (Å²) in [5, 5.41) is 15.5. The van der Waals surface area contributed by atoms with Crippen LogP contribution in [-0.4, -0.2) is 17.1 Å². The van der Waals surface area contributed by atoms with Crippen LogP contribution in [0.25, 0.3) is 10.8 Å². The Balaban J connectivity index is 1.68. The molecule has 3 nitrogen and oxygen atoms in total. The minimum absolute atomic E-state index is 0.0330. The molecule has 0 radical (unpaired) electrons. The Labute approximate surface area is 137 Å². The zero-order valence-corrected chi connectivity index (χ0v) is 13.7. The summed E-state index contributed by atoms with van der Waals surface area (Å²) >= 11 is 0. The largest absolute Gasteiger partial charge is 0.393 e. The van der Waals surface area contributed by atoms with Gasteiger partial charge in [0.05, 0.1) is 12.1 Å². The highest BCUT2D eigenvalue weighted by Gasteiger charge is 2.25. The van der Waals surface area contributed by atoms with Crippen LogP contribution in [0.1, 0.15) is 50.6 Å². The molecular formula is C20H25NO2. The number of amides is 1. The topological polar surface area (TPSA) is 49.3 Å². The van der Waals surface area contributed by atoms with E-state index in [1.165, 1.54) is 10.8 Å². The van der Waals surface area contributed by atoms with Crippen molar-refractivity contribution < 1.29 is 9.90 Å². The van der Waals surface area contributed by atoms with E-state index in [0.717, 1.165) is 31.2 Å². The normalized spacial score (nSPS) is 22.7. The van der Waals surface area contributed by atoms with Crippen LogP contribution in [0.5, 0.6) is 0 Å². The summed E-state index contributed by atoms with van der Waals surface area (Å²) in [6, 6.07) is 14.4. The van der Waals surface area contributed by atoms with Crippen LogP contribution in [0.3, 0.4) is 0 Å². The van der Waals surface area contributed by atoms with Gasteiger partial charge in [0.25, 0.3) is 0 Å². The maximum absolute atomic E-state index is 12.4. The van der Waals surface area contributed by atoms with Crippen LogP contribution in [0.4, 0.5) is 0 Å². The third-order valence-corrected chi connectivity index (χ3v) is 4.98. The fourth-order valence-electron chi connectivity index (χ4n) is 3.67. The summed E-state index contributed by atoms with van der Waals surface area (Å²) in [6.07, 6.45) is 4.09.